The molecule has 0 unspecified atom stereocenters. The molecule has 3 heterocycles. The second kappa shape index (κ2) is 8.16. The van der Waals surface area contributed by atoms with Gasteiger partial charge in [-0.25, -0.2) is 9.88 Å². The number of hydrogen-bond acceptors (Lipinski definition) is 8. The van der Waals surface area contributed by atoms with Crippen LogP contribution in [-0.4, -0.2) is 41.0 Å². The molecule has 2 atom stereocenters. The molecular weight excluding hydrogens is 422 g/mol. The molecule has 168 valence electrons. The van der Waals surface area contributed by atoms with Crippen LogP contribution in [0.2, 0.25) is 0 Å². The van der Waals surface area contributed by atoms with Crippen molar-refractivity contribution in [2.24, 2.45) is 10.3 Å². The van der Waals surface area contributed by atoms with E-state index in [2.05, 4.69) is 22.2 Å². The van der Waals surface area contributed by atoms with E-state index in [1.165, 1.54) is 9.91 Å². The number of fused-ring (bicyclic) bond motifs is 1. The van der Waals surface area contributed by atoms with Gasteiger partial charge < -0.3 is 9.15 Å². The van der Waals surface area contributed by atoms with Crippen LogP contribution < -0.4 is 9.64 Å². The normalized spacial score (nSPS) is 19.5. The van der Waals surface area contributed by atoms with Crippen molar-refractivity contribution >= 4 is 17.5 Å². The zero-order chi connectivity index (χ0) is 23.1. The van der Waals surface area contributed by atoms with Gasteiger partial charge in [-0.1, -0.05) is 36.4 Å². The molecule has 1 saturated heterocycles. The number of hydrogen-bond donors (Lipinski definition) is 0. The Morgan fingerprint density at radius 1 is 1.06 bits per heavy atom. The van der Waals surface area contributed by atoms with Gasteiger partial charge in [-0.05, 0) is 43.2 Å². The minimum atomic E-state index is -0.857. The molecule has 0 aliphatic carbocycles. The first-order chi connectivity index (χ1) is 16.0. The molecule has 33 heavy (non-hydrogen) atoms. The number of aryl methyl sites for hydroxylation is 2. The number of rotatable bonds is 6. The van der Waals surface area contributed by atoms with Crippen molar-refractivity contribution in [2.45, 2.75) is 38.9 Å². The monoisotopic (exact) mass is 445 g/mol. The Balaban J connectivity index is 1.39. The van der Waals surface area contributed by atoms with E-state index in [0.29, 0.717) is 28.8 Å². The number of oxazole rings is 1. The van der Waals surface area contributed by atoms with Gasteiger partial charge in [-0.15, -0.1) is 0 Å². The quantitative estimate of drug-likeness (QED) is 0.536. The highest BCUT2D eigenvalue weighted by Gasteiger charge is 2.54. The molecule has 2 aliphatic heterocycles. The van der Waals surface area contributed by atoms with Crippen molar-refractivity contribution in [1.29, 1.82) is 0 Å². The molecule has 1 fully saturated rings. The van der Waals surface area contributed by atoms with Crippen molar-refractivity contribution < 1.29 is 18.7 Å². The second-order valence-electron chi connectivity index (χ2n) is 7.95. The molecule has 2 aromatic carbocycles. The van der Waals surface area contributed by atoms with Gasteiger partial charge in [0.25, 0.3) is 11.8 Å². The first-order valence-electron chi connectivity index (χ1n) is 10.8. The number of benzene rings is 2. The molecule has 0 bridgehead atoms. The minimum Gasteiger partial charge on any atom is -0.496 e. The Morgan fingerprint density at radius 2 is 1.82 bits per heavy atom. The maximum atomic E-state index is 13.2. The summed E-state index contributed by atoms with van der Waals surface area (Å²) >= 11 is 0. The van der Waals surface area contributed by atoms with Crippen LogP contribution in [0.4, 0.5) is 5.69 Å². The van der Waals surface area contributed by atoms with Crippen molar-refractivity contribution in [2.75, 3.05) is 12.0 Å². The molecule has 0 saturated carbocycles. The number of imide groups is 1. The molecule has 5 rings (SSSR count). The Morgan fingerprint density at radius 3 is 2.55 bits per heavy atom. The fraction of sp³-hybridized carbons (Fsp3) is 0.292. The summed E-state index contributed by atoms with van der Waals surface area (Å²) in [5.74, 6) is 0.947. The van der Waals surface area contributed by atoms with E-state index in [9.17, 15) is 9.59 Å². The van der Waals surface area contributed by atoms with E-state index in [1.54, 1.807) is 26.2 Å². The lowest BCUT2D eigenvalue weighted by Crippen LogP contribution is -2.39. The summed E-state index contributed by atoms with van der Waals surface area (Å²) in [4.78, 5) is 32.0. The van der Waals surface area contributed by atoms with Gasteiger partial charge in [0.15, 0.2) is 12.1 Å². The number of para-hydroxylation sites is 1. The molecule has 1 aromatic heterocycles. The number of ether oxygens (including phenoxy) is 1. The van der Waals surface area contributed by atoms with Crippen molar-refractivity contribution in [3.05, 3.63) is 65.5 Å². The van der Waals surface area contributed by atoms with E-state index in [4.69, 9.17) is 9.15 Å². The van der Waals surface area contributed by atoms with Gasteiger partial charge >= 0.3 is 0 Å². The van der Waals surface area contributed by atoms with Gasteiger partial charge in [-0.2, -0.15) is 5.11 Å². The minimum absolute atomic E-state index is 0.191. The summed E-state index contributed by atoms with van der Waals surface area (Å²) in [6, 6.07) is 13.2. The second-order valence-corrected chi connectivity index (χ2v) is 7.95. The summed E-state index contributed by atoms with van der Waals surface area (Å²) in [5, 5.41) is 9.73. The smallest absolute Gasteiger partial charge is 0.263 e. The summed E-state index contributed by atoms with van der Waals surface area (Å²) in [6.07, 6.45) is 0.878. The Kier molecular flexibility index (Phi) is 5.16. The summed E-state index contributed by atoms with van der Waals surface area (Å²) in [5.41, 5.74) is 3.01. The van der Waals surface area contributed by atoms with E-state index in [1.807, 2.05) is 36.4 Å². The largest absolute Gasteiger partial charge is 0.496 e. The molecule has 2 amide bonds. The van der Waals surface area contributed by atoms with Crippen molar-refractivity contribution in [3.8, 4) is 17.2 Å². The SMILES string of the molecule is CCc1ccc(N2C(=O)[C@H]3N=NN(Cc4nc(-c5ccccc5OC)oc4C)[C@@H]3C2=O)cc1. The van der Waals surface area contributed by atoms with Crippen LogP contribution in [0.5, 0.6) is 5.75 Å². The predicted molar refractivity (Wildman–Crippen MR) is 120 cm³/mol. The van der Waals surface area contributed by atoms with Crippen LogP contribution in [0.25, 0.3) is 11.5 Å². The Labute approximate surface area is 190 Å². The van der Waals surface area contributed by atoms with E-state index < -0.39 is 12.1 Å². The summed E-state index contributed by atoms with van der Waals surface area (Å²) in [6.45, 7) is 4.04. The van der Waals surface area contributed by atoms with Crippen LogP contribution in [-0.2, 0) is 22.6 Å². The number of carbonyl (C=O) groups is 2. The van der Waals surface area contributed by atoms with E-state index >= 15 is 0 Å². The molecule has 0 N–H and O–H groups in total. The third-order valence-electron chi connectivity index (χ3n) is 6.00. The van der Waals surface area contributed by atoms with Crippen molar-refractivity contribution in [3.63, 3.8) is 0 Å². The fourth-order valence-corrected chi connectivity index (χ4v) is 4.15. The summed E-state index contributed by atoms with van der Waals surface area (Å²) < 4.78 is 11.3. The van der Waals surface area contributed by atoms with Gasteiger partial charge in [0, 0.05) is 0 Å². The van der Waals surface area contributed by atoms with Crippen LogP contribution in [0.1, 0.15) is 23.9 Å². The number of carbonyl (C=O) groups excluding carboxylic acids is 2. The molecule has 2 aliphatic rings. The number of aromatic nitrogens is 1. The third kappa shape index (κ3) is 3.45. The number of methoxy groups -OCH3 is 1. The Hall–Kier alpha value is -4.01. The van der Waals surface area contributed by atoms with Crippen LogP contribution in [0.3, 0.4) is 0 Å². The average Bonchev–Trinajstić information content (AvgIpc) is 3.49. The Bertz CT molecular complexity index is 1250. The van der Waals surface area contributed by atoms with Crippen LogP contribution in [0.15, 0.2) is 63.3 Å². The molecular formula is C24H23N5O4. The van der Waals surface area contributed by atoms with E-state index in [0.717, 1.165) is 17.5 Å². The topological polar surface area (TPSA) is 101 Å². The summed E-state index contributed by atoms with van der Waals surface area (Å²) in [7, 11) is 1.59. The molecule has 9 heteroatoms. The third-order valence-corrected chi connectivity index (χ3v) is 6.00. The number of nitrogens with zero attached hydrogens (tertiary/aromatic N) is 5. The van der Waals surface area contributed by atoms with E-state index in [-0.39, 0.29) is 18.4 Å². The lowest BCUT2D eigenvalue weighted by molar-refractivity contribution is -0.123. The first-order valence-corrected chi connectivity index (χ1v) is 10.8. The maximum Gasteiger partial charge on any atom is 0.263 e. The highest BCUT2D eigenvalue weighted by Crippen LogP contribution is 2.35. The molecule has 0 spiro atoms. The highest BCUT2D eigenvalue weighted by atomic mass is 16.5. The van der Waals surface area contributed by atoms with Gasteiger partial charge in [0.1, 0.15) is 17.2 Å². The number of anilines is 1. The highest BCUT2D eigenvalue weighted by molar-refractivity contribution is 6.25. The molecule has 3 aromatic rings. The average molecular weight is 445 g/mol. The van der Waals surface area contributed by atoms with Gasteiger partial charge in [-0.3, -0.25) is 14.6 Å². The first kappa shape index (κ1) is 20.9. The molecule has 0 radical (unpaired) electrons. The predicted octanol–water partition coefficient (Wildman–Crippen LogP) is 3.71. The molecule has 9 nitrogen and oxygen atoms in total. The van der Waals surface area contributed by atoms with Crippen LogP contribution >= 0.6 is 0 Å². The fourth-order valence-electron chi connectivity index (χ4n) is 4.15. The maximum absolute atomic E-state index is 13.2. The van der Waals surface area contributed by atoms with Gasteiger partial charge in [0.05, 0.1) is 24.9 Å². The lowest BCUT2D eigenvalue weighted by atomic mass is 10.1. The number of amides is 2. The zero-order valence-corrected chi connectivity index (χ0v) is 18.6. The van der Waals surface area contributed by atoms with Gasteiger partial charge in [0.2, 0.25) is 5.89 Å². The van der Waals surface area contributed by atoms with Crippen molar-refractivity contribution in [1.82, 2.24) is 9.99 Å². The van der Waals surface area contributed by atoms with Crippen LogP contribution in [0, 0.1) is 6.92 Å². The zero-order valence-electron chi connectivity index (χ0n) is 18.6. The lowest BCUT2D eigenvalue weighted by Gasteiger charge is -2.20. The standard InChI is InChI=1S/C24H23N5O4/c1-4-15-9-11-16(12-10-15)29-23(30)20-21(24(29)31)28(27-26-20)13-18-14(2)33-22(25-18)17-7-5-6-8-19(17)32-3/h5-12,20-21H,4,13H2,1-3H3/t20-,21-/m0/s1.